The van der Waals surface area contributed by atoms with E-state index < -0.39 is 20.0 Å². The molecule has 0 aromatic heterocycles. The Hall–Kier alpha value is -0.760. The minimum absolute atomic E-state index is 0.0752. The van der Waals surface area contributed by atoms with Crippen molar-refractivity contribution in [2.45, 2.75) is 264 Å². The molecule has 0 saturated heterocycles. The fourth-order valence-electron chi connectivity index (χ4n) is 7.69. The van der Waals surface area contributed by atoms with Gasteiger partial charge in [0.05, 0.1) is 39.9 Å². The Bertz CT molecular complexity index is 974. The summed E-state index contributed by atoms with van der Waals surface area (Å²) in [6, 6.07) is -0.761. The number of unbranched alkanes of at least 4 members (excludes halogenated alkanes) is 32. The van der Waals surface area contributed by atoms with Crippen molar-refractivity contribution in [2.24, 2.45) is 0 Å². The Morgan fingerprint density at radius 3 is 1.31 bits per heavy atom. The molecular formula is C50H102N2O6P+. The molecular weight excluding hydrogens is 756 g/mol. The van der Waals surface area contributed by atoms with E-state index in [4.69, 9.17) is 9.05 Å². The van der Waals surface area contributed by atoms with Gasteiger partial charge < -0.3 is 19.8 Å². The lowest BCUT2D eigenvalue weighted by molar-refractivity contribution is -0.870. The van der Waals surface area contributed by atoms with E-state index in [2.05, 4.69) is 31.3 Å². The molecule has 0 aromatic rings. The summed E-state index contributed by atoms with van der Waals surface area (Å²) in [6.07, 6.45) is 49.6. The van der Waals surface area contributed by atoms with Crippen LogP contribution in [0.3, 0.4) is 0 Å². The number of phosphoric acid groups is 1. The lowest BCUT2D eigenvalue weighted by atomic mass is 10.0. The largest absolute Gasteiger partial charge is 0.472 e. The summed E-state index contributed by atoms with van der Waals surface area (Å²) in [5.74, 6) is -0.150. The number of hydrogen-bond acceptors (Lipinski definition) is 5. The first-order chi connectivity index (χ1) is 28.5. The number of rotatable bonds is 47. The van der Waals surface area contributed by atoms with Crippen molar-refractivity contribution in [1.82, 2.24) is 5.32 Å². The monoisotopic (exact) mass is 858 g/mol. The second kappa shape index (κ2) is 42.5. The molecule has 0 spiro atoms. The second-order valence-electron chi connectivity index (χ2n) is 18.9. The highest BCUT2D eigenvalue weighted by Crippen LogP contribution is 2.43. The van der Waals surface area contributed by atoms with Crippen LogP contribution < -0.4 is 5.32 Å². The number of quaternary nitrogens is 1. The van der Waals surface area contributed by atoms with Gasteiger partial charge >= 0.3 is 7.82 Å². The van der Waals surface area contributed by atoms with Crippen molar-refractivity contribution < 1.29 is 32.9 Å². The Morgan fingerprint density at radius 2 is 0.915 bits per heavy atom. The van der Waals surface area contributed by atoms with Crippen LogP contribution in [0.15, 0.2) is 12.2 Å². The van der Waals surface area contributed by atoms with Crippen LogP contribution in [0.5, 0.6) is 0 Å². The molecule has 0 heterocycles. The summed E-state index contributed by atoms with van der Waals surface area (Å²) in [5.41, 5.74) is 0. The van der Waals surface area contributed by atoms with Crippen molar-refractivity contribution in [1.29, 1.82) is 0 Å². The first kappa shape index (κ1) is 58.2. The third kappa shape index (κ3) is 45.1. The van der Waals surface area contributed by atoms with E-state index in [-0.39, 0.29) is 19.1 Å². The Balaban J connectivity index is 4.20. The average molecular weight is 858 g/mol. The van der Waals surface area contributed by atoms with Gasteiger partial charge in [-0.3, -0.25) is 13.8 Å². The number of phosphoric ester groups is 1. The third-order valence-corrected chi connectivity index (χ3v) is 12.7. The predicted octanol–water partition coefficient (Wildman–Crippen LogP) is 14.7. The first-order valence-electron chi connectivity index (χ1n) is 25.6. The van der Waals surface area contributed by atoms with Crippen LogP contribution in [0, 0.1) is 0 Å². The Kier molecular flexibility index (Phi) is 42.0. The quantitative estimate of drug-likeness (QED) is 0.0244. The average Bonchev–Trinajstić information content (AvgIpc) is 3.19. The molecule has 9 heteroatoms. The van der Waals surface area contributed by atoms with Crippen LogP contribution in [0.2, 0.25) is 0 Å². The van der Waals surface area contributed by atoms with Crippen LogP contribution in [-0.2, 0) is 18.4 Å². The highest BCUT2D eigenvalue weighted by Gasteiger charge is 2.28. The van der Waals surface area contributed by atoms with Crippen molar-refractivity contribution in [2.75, 3.05) is 40.9 Å². The molecule has 3 N–H and O–H groups in total. The molecule has 0 bridgehead atoms. The van der Waals surface area contributed by atoms with Gasteiger partial charge in [0.25, 0.3) is 0 Å². The minimum atomic E-state index is -4.32. The van der Waals surface area contributed by atoms with E-state index in [1.165, 1.54) is 173 Å². The maximum absolute atomic E-state index is 12.9. The van der Waals surface area contributed by atoms with Gasteiger partial charge in [0.15, 0.2) is 0 Å². The number of aliphatic hydroxyl groups excluding tert-OH is 1. The van der Waals surface area contributed by atoms with E-state index >= 15 is 0 Å². The molecule has 8 nitrogen and oxygen atoms in total. The summed E-state index contributed by atoms with van der Waals surface area (Å²) >= 11 is 0. The molecule has 0 aliphatic heterocycles. The smallest absolute Gasteiger partial charge is 0.391 e. The van der Waals surface area contributed by atoms with Crippen LogP contribution in [0.1, 0.15) is 251 Å². The lowest BCUT2D eigenvalue weighted by Gasteiger charge is -2.26. The number of carbonyl (C=O) groups is 1. The highest BCUT2D eigenvalue weighted by molar-refractivity contribution is 7.47. The van der Waals surface area contributed by atoms with E-state index in [1.54, 1.807) is 0 Å². The molecule has 0 aliphatic rings. The molecule has 0 aliphatic carbocycles. The number of likely N-dealkylation sites (N-methyl/N-ethyl adjacent to an activating group) is 1. The lowest BCUT2D eigenvalue weighted by Crippen LogP contribution is -2.46. The molecule has 0 fully saturated rings. The molecule has 0 saturated carbocycles. The van der Waals surface area contributed by atoms with E-state index in [0.717, 1.165) is 51.4 Å². The molecule has 352 valence electrons. The predicted molar refractivity (Wildman–Crippen MR) is 254 cm³/mol. The standard InChI is InChI=1S/C50H101N2O6P/c1-6-8-10-12-14-16-18-20-22-23-24-25-26-27-28-29-30-31-33-35-37-39-41-43-49(53)48(47-58-59(55,56)57-46-45-52(3,4)5)51-50(54)44-42-40-38-36-34-32-21-19-17-15-13-11-9-7-2/h19,21,48-49,53H,6-18,20,22-47H2,1-5H3,(H-,51,54,55,56)/p+1/b21-19-. The Morgan fingerprint density at radius 1 is 0.559 bits per heavy atom. The van der Waals surface area contributed by atoms with E-state index in [9.17, 15) is 19.4 Å². The SMILES string of the molecule is CCCCCCC/C=C\CCCCCCCC(=O)NC(COP(=O)(O)OCC[N+](C)(C)C)C(O)CCCCCCCCCCCCCCCCCCCCCCCCC. The van der Waals surface area contributed by atoms with Crippen LogP contribution in [0.25, 0.3) is 0 Å². The maximum Gasteiger partial charge on any atom is 0.472 e. The van der Waals surface area contributed by atoms with Gasteiger partial charge in [-0.1, -0.05) is 219 Å². The zero-order valence-corrected chi connectivity index (χ0v) is 40.9. The molecule has 0 rings (SSSR count). The summed E-state index contributed by atoms with van der Waals surface area (Å²) in [4.78, 5) is 23.2. The van der Waals surface area contributed by atoms with Crippen molar-refractivity contribution in [3.05, 3.63) is 12.2 Å². The third-order valence-electron chi connectivity index (χ3n) is 11.8. The number of allylic oxidation sites excluding steroid dienone is 2. The summed E-state index contributed by atoms with van der Waals surface area (Å²) in [5, 5.41) is 14.0. The normalized spacial score (nSPS) is 14.2. The first-order valence-corrected chi connectivity index (χ1v) is 27.0. The van der Waals surface area contributed by atoms with Gasteiger partial charge in [0.2, 0.25) is 5.91 Å². The van der Waals surface area contributed by atoms with Gasteiger partial charge in [-0.05, 0) is 38.5 Å². The maximum atomic E-state index is 12.9. The van der Waals surface area contributed by atoms with Gasteiger partial charge in [0, 0.05) is 6.42 Å². The number of amides is 1. The Labute approximate surface area is 367 Å². The fraction of sp³-hybridized carbons (Fsp3) is 0.940. The summed E-state index contributed by atoms with van der Waals surface area (Å²) < 4.78 is 23.7. The summed E-state index contributed by atoms with van der Waals surface area (Å²) in [7, 11) is 1.62. The zero-order valence-electron chi connectivity index (χ0n) is 40.0. The van der Waals surface area contributed by atoms with Gasteiger partial charge in [0.1, 0.15) is 13.2 Å². The molecule has 0 radical (unpaired) electrons. The zero-order chi connectivity index (χ0) is 43.6. The summed E-state index contributed by atoms with van der Waals surface area (Å²) in [6.45, 7) is 4.90. The molecule has 0 aromatic carbocycles. The van der Waals surface area contributed by atoms with Gasteiger partial charge in [-0.15, -0.1) is 0 Å². The number of carbonyl (C=O) groups excluding carboxylic acids is 1. The fourth-order valence-corrected chi connectivity index (χ4v) is 8.43. The van der Waals surface area contributed by atoms with Crippen LogP contribution >= 0.6 is 7.82 Å². The van der Waals surface area contributed by atoms with Crippen LogP contribution in [-0.4, -0.2) is 73.4 Å². The van der Waals surface area contributed by atoms with Gasteiger partial charge in [-0.2, -0.15) is 0 Å². The van der Waals surface area contributed by atoms with E-state index in [0.29, 0.717) is 23.9 Å². The number of nitrogens with zero attached hydrogens (tertiary/aromatic N) is 1. The highest BCUT2D eigenvalue weighted by atomic mass is 31.2. The van der Waals surface area contributed by atoms with E-state index in [1.807, 2.05) is 21.1 Å². The van der Waals surface area contributed by atoms with Crippen molar-refractivity contribution >= 4 is 13.7 Å². The molecule has 59 heavy (non-hydrogen) atoms. The number of hydrogen-bond donors (Lipinski definition) is 3. The van der Waals surface area contributed by atoms with Gasteiger partial charge in [-0.25, -0.2) is 4.57 Å². The van der Waals surface area contributed by atoms with Crippen molar-refractivity contribution in [3.63, 3.8) is 0 Å². The number of aliphatic hydroxyl groups is 1. The second-order valence-corrected chi connectivity index (χ2v) is 20.4. The molecule has 3 atom stereocenters. The molecule has 1 amide bonds. The topological polar surface area (TPSA) is 105 Å². The minimum Gasteiger partial charge on any atom is -0.391 e. The van der Waals surface area contributed by atoms with Crippen LogP contribution in [0.4, 0.5) is 0 Å². The number of nitrogens with one attached hydrogen (secondary N) is 1. The van der Waals surface area contributed by atoms with Crippen molar-refractivity contribution in [3.8, 4) is 0 Å². The molecule has 3 unspecified atom stereocenters.